The maximum atomic E-state index is 12.8. The Morgan fingerprint density at radius 1 is 1.43 bits per heavy atom. The number of rotatable bonds is 2. The van der Waals surface area contributed by atoms with Gasteiger partial charge in [-0.15, -0.1) is 0 Å². The molecule has 1 nitrogen and oxygen atoms in total. The molecule has 0 bridgehead atoms. The summed E-state index contributed by atoms with van der Waals surface area (Å²) in [6.45, 7) is -0.192. The largest absolute Gasteiger partial charge is 0.392 e. The lowest BCUT2D eigenvalue weighted by molar-refractivity contribution is 0.281. The third-order valence-electron chi connectivity index (χ3n) is 1.70. The molecule has 1 aromatic carbocycles. The molecule has 0 radical (unpaired) electrons. The van der Waals surface area contributed by atoms with Crippen molar-refractivity contribution in [3.63, 3.8) is 0 Å². The fourth-order valence-corrected chi connectivity index (χ4v) is 1.14. The van der Waals surface area contributed by atoms with Crippen molar-refractivity contribution in [3.05, 3.63) is 35.1 Å². The van der Waals surface area contributed by atoms with Crippen molar-refractivity contribution >= 4 is 12.6 Å². The summed E-state index contributed by atoms with van der Waals surface area (Å²) in [4.78, 5) is 0. The lowest BCUT2D eigenvalue weighted by Gasteiger charge is -1.99. The van der Waals surface area contributed by atoms with Gasteiger partial charge in [0, 0.05) is 17.7 Å². The Morgan fingerprint density at radius 3 is 2.86 bits per heavy atom. The van der Waals surface area contributed by atoms with Crippen molar-refractivity contribution in [1.82, 2.24) is 0 Å². The minimum atomic E-state index is -0.353. The molecule has 1 N–H and O–H groups in total. The van der Waals surface area contributed by atoms with Gasteiger partial charge in [-0.3, -0.25) is 0 Å². The van der Waals surface area contributed by atoms with Crippen LogP contribution < -0.4 is 0 Å². The summed E-state index contributed by atoms with van der Waals surface area (Å²) in [6, 6.07) is 4.21. The van der Waals surface area contributed by atoms with Crippen LogP contribution in [0, 0.1) is 17.7 Å². The Morgan fingerprint density at radius 2 is 2.21 bits per heavy atom. The van der Waals surface area contributed by atoms with E-state index in [0.29, 0.717) is 23.3 Å². The molecule has 0 aliphatic carbocycles. The molecule has 1 rings (SSSR count). The molecule has 0 heterocycles. The van der Waals surface area contributed by atoms with Crippen LogP contribution in [0.1, 0.15) is 17.5 Å². The molecule has 0 aromatic heterocycles. The second-order valence-corrected chi connectivity index (χ2v) is 3.18. The molecular weight excluding hydrogens is 199 g/mol. The van der Waals surface area contributed by atoms with E-state index in [4.69, 9.17) is 5.11 Å². The Balaban J connectivity index is 2.92. The zero-order valence-electron chi connectivity index (χ0n) is 7.63. The summed E-state index contributed by atoms with van der Waals surface area (Å²) in [5.74, 6) is 6.10. The summed E-state index contributed by atoms with van der Waals surface area (Å²) in [5, 5.41) is 8.95. The predicted molar refractivity (Wildman–Crippen MR) is 57.7 cm³/mol. The van der Waals surface area contributed by atoms with Crippen LogP contribution in [0.15, 0.2) is 18.2 Å². The van der Waals surface area contributed by atoms with E-state index in [-0.39, 0.29) is 12.4 Å². The molecule has 0 aliphatic rings. The number of hydrogen-bond acceptors (Lipinski definition) is 2. The topological polar surface area (TPSA) is 20.2 Å². The maximum absolute atomic E-state index is 12.8. The SMILES string of the molecule is OCc1cc(F)ccc1C#CCCS. The summed E-state index contributed by atoms with van der Waals surface area (Å²) >= 11 is 4.02. The Hall–Kier alpha value is -0.980. The van der Waals surface area contributed by atoms with Gasteiger partial charge < -0.3 is 5.11 Å². The second-order valence-electron chi connectivity index (χ2n) is 2.73. The summed E-state index contributed by atoms with van der Waals surface area (Å²) in [5.41, 5.74) is 1.20. The quantitative estimate of drug-likeness (QED) is 0.565. The zero-order valence-corrected chi connectivity index (χ0v) is 8.52. The van der Waals surface area contributed by atoms with Crippen LogP contribution >= 0.6 is 12.6 Å². The van der Waals surface area contributed by atoms with Crippen molar-refractivity contribution in [2.75, 3.05) is 5.75 Å². The number of aliphatic hydroxyl groups excluding tert-OH is 1. The molecule has 0 saturated heterocycles. The average Bonchev–Trinajstić information content (AvgIpc) is 2.20. The van der Waals surface area contributed by atoms with Gasteiger partial charge in [-0.1, -0.05) is 11.8 Å². The molecule has 0 atom stereocenters. The normalized spacial score (nSPS) is 9.36. The number of hydrogen-bond donors (Lipinski definition) is 2. The van der Waals surface area contributed by atoms with Crippen LogP contribution in [0.4, 0.5) is 4.39 Å². The minimum absolute atomic E-state index is 0.192. The highest BCUT2D eigenvalue weighted by molar-refractivity contribution is 7.80. The van der Waals surface area contributed by atoms with E-state index in [0.717, 1.165) is 0 Å². The second kappa shape index (κ2) is 5.69. The summed E-state index contributed by atoms with van der Waals surface area (Å²) < 4.78 is 12.8. The molecule has 3 heteroatoms. The third kappa shape index (κ3) is 3.06. The average molecular weight is 210 g/mol. The molecule has 1 aromatic rings. The molecule has 14 heavy (non-hydrogen) atoms. The van der Waals surface area contributed by atoms with Crippen LogP contribution in [-0.2, 0) is 6.61 Å². The van der Waals surface area contributed by atoms with E-state index in [9.17, 15) is 4.39 Å². The highest BCUT2D eigenvalue weighted by Gasteiger charge is 1.99. The van der Waals surface area contributed by atoms with Gasteiger partial charge in [-0.2, -0.15) is 12.6 Å². The smallest absolute Gasteiger partial charge is 0.123 e. The van der Waals surface area contributed by atoms with E-state index in [1.165, 1.54) is 12.1 Å². The summed E-state index contributed by atoms with van der Waals surface area (Å²) in [6.07, 6.45) is 0.686. The third-order valence-corrected chi connectivity index (χ3v) is 1.92. The standard InChI is InChI=1S/C11H11FOS/c12-11-5-4-9(3-1-2-6-14)10(7-11)8-13/h4-5,7,13-14H,2,6,8H2. The highest BCUT2D eigenvalue weighted by Crippen LogP contribution is 2.10. The van der Waals surface area contributed by atoms with Crippen LogP contribution in [0.3, 0.4) is 0 Å². The van der Waals surface area contributed by atoms with Crippen LogP contribution in [0.2, 0.25) is 0 Å². The van der Waals surface area contributed by atoms with Crippen molar-refractivity contribution in [3.8, 4) is 11.8 Å². The van der Waals surface area contributed by atoms with Gasteiger partial charge in [0.15, 0.2) is 0 Å². The molecule has 0 spiro atoms. The number of benzene rings is 1. The van der Waals surface area contributed by atoms with E-state index < -0.39 is 0 Å². The molecule has 0 unspecified atom stereocenters. The van der Waals surface area contributed by atoms with E-state index in [1.54, 1.807) is 6.07 Å². The fraction of sp³-hybridized carbons (Fsp3) is 0.273. The van der Waals surface area contributed by atoms with Gasteiger partial charge >= 0.3 is 0 Å². The molecular formula is C11H11FOS. The number of aliphatic hydroxyl groups is 1. The van der Waals surface area contributed by atoms with Gasteiger partial charge in [-0.05, 0) is 23.8 Å². The van der Waals surface area contributed by atoms with Gasteiger partial charge in [0.25, 0.3) is 0 Å². The van der Waals surface area contributed by atoms with E-state index >= 15 is 0 Å². The van der Waals surface area contributed by atoms with Gasteiger partial charge in [0.2, 0.25) is 0 Å². The molecule has 0 amide bonds. The predicted octanol–water partition coefficient (Wildman–Crippen LogP) is 1.99. The highest BCUT2D eigenvalue weighted by atomic mass is 32.1. The van der Waals surface area contributed by atoms with Crippen molar-refractivity contribution in [2.24, 2.45) is 0 Å². The number of thiol groups is 1. The van der Waals surface area contributed by atoms with Gasteiger partial charge in [0.05, 0.1) is 6.61 Å². The van der Waals surface area contributed by atoms with Crippen LogP contribution in [-0.4, -0.2) is 10.9 Å². The van der Waals surface area contributed by atoms with Crippen molar-refractivity contribution in [1.29, 1.82) is 0 Å². The van der Waals surface area contributed by atoms with Gasteiger partial charge in [-0.25, -0.2) is 4.39 Å². The first-order valence-corrected chi connectivity index (χ1v) is 4.90. The lowest BCUT2D eigenvalue weighted by Crippen LogP contribution is -1.90. The van der Waals surface area contributed by atoms with Crippen molar-refractivity contribution < 1.29 is 9.50 Å². The Labute approximate surface area is 88.4 Å². The minimum Gasteiger partial charge on any atom is -0.392 e. The van der Waals surface area contributed by atoms with Crippen molar-refractivity contribution in [2.45, 2.75) is 13.0 Å². The molecule has 74 valence electrons. The monoisotopic (exact) mass is 210 g/mol. The maximum Gasteiger partial charge on any atom is 0.123 e. The Kier molecular flexibility index (Phi) is 4.51. The van der Waals surface area contributed by atoms with E-state index in [2.05, 4.69) is 24.5 Å². The molecule has 0 aliphatic heterocycles. The molecule has 0 saturated carbocycles. The van der Waals surface area contributed by atoms with Gasteiger partial charge in [0.1, 0.15) is 5.82 Å². The first-order valence-electron chi connectivity index (χ1n) is 4.27. The zero-order chi connectivity index (χ0) is 10.4. The first kappa shape index (κ1) is 11.1. The number of halogens is 1. The molecule has 0 fully saturated rings. The first-order chi connectivity index (χ1) is 6.77. The van der Waals surface area contributed by atoms with E-state index in [1.807, 2.05) is 0 Å². The van der Waals surface area contributed by atoms with Crippen LogP contribution in [0.5, 0.6) is 0 Å². The summed E-state index contributed by atoms with van der Waals surface area (Å²) in [7, 11) is 0. The fourth-order valence-electron chi connectivity index (χ4n) is 1.03. The van der Waals surface area contributed by atoms with Crippen LogP contribution in [0.25, 0.3) is 0 Å². The lowest BCUT2D eigenvalue weighted by atomic mass is 10.1. The Bertz CT molecular complexity index is 365.